The molecule has 6 nitrogen and oxygen atoms in total. The highest BCUT2D eigenvalue weighted by Gasteiger charge is 2.33. The van der Waals surface area contributed by atoms with Crippen LogP contribution in [0.2, 0.25) is 0 Å². The number of carbonyl (C=O) groups is 3. The van der Waals surface area contributed by atoms with Gasteiger partial charge >= 0.3 is 0 Å². The van der Waals surface area contributed by atoms with Gasteiger partial charge in [-0.15, -0.1) is 0 Å². The fourth-order valence-electron chi connectivity index (χ4n) is 2.01. The molecule has 1 saturated heterocycles. The Morgan fingerprint density at radius 1 is 1.35 bits per heavy atom. The highest BCUT2D eigenvalue weighted by atomic mass is 16.2. The van der Waals surface area contributed by atoms with Crippen LogP contribution < -0.4 is 10.6 Å². The predicted octanol–water partition coefficient (Wildman–Crippen LogP) is -0.752. The van der Waals surface area contributed by atoms with Gasteiger partial charge in [0, 0.05) is 20.5 Å². The van der Waals surface area contributed by atoms with Gasteiger partial charge in [0.25, 0.3) is 0 Å². The van der Waals surface area contributed by atoms with Crippen LogP contribution in [-0.2, 0) is 14.4 Å². The van der Waals surface area contributed by atoms with Crippen LogP contribution in [-0.4, -0.2) is 48.3 Å². The van der Waals surface area contributed by atoms with Crippen LogP contribution in [0, 0.1) is 0 Å². The van der Waals surface area contributed by atoms with Crippen LogP contribution in [0.3, 0.4) is 0 Å². The molecule has 1 fully saturated rings. The third-order valence-electron chi connectivity index (χ3n) is 2.96. The molecule has 3 amide bonds. The predicted molar refractivity (Wildman–Crippen MR) is 62.1 cm³/mol. The molecule has 0 spiro atoms. The zero-order valence-corrected chi connectivity index (χ0v) is 10.4. The summed E-state index contributed by atoms with van der Waals surface area (Å²) in [4.78, 5) is 36.0. The van der Waals surface area contributed by atoms with E-state index in [9.17, 15) is 14.4 Å². The fraction of sp³-hybridized carbons (Fsp3) is 0.727. The summed E-state index contributed by atoms with van der Waals surface area (Å²) >= 11 is 0. The zero-order valence-electron chi connectivity index (χ0n) is 10.4. The number of nitrogens with one attached hydrogen (secondary N) is 2. The fourth-order valence-corrected chi connectivity index (χ4v) is 2.01. The van der Waals surface area contributed by atoms with Gasteiger partial charge in [-0.3, -0.25) is 14.4 Å². The zero-order chi connectivity index (χ0) is 13.0. The molecule has 0 radical (unpaired) electrons. The number of carbonyl (C=O) groups excluding carboxylic acids is 3. The molecule has 0 aromatic rings. The van der Waals surface area contributed by atoms with Crippen molar-refractivity contribution in [1.29, 1.82) is 0 Å². The van der Waals surface area contributed by atoms with Gasteiger partial charge in [0.05, 0.1) is 0 Å². The third kappa shape index (κ3) is 3.18. The number of rotatable bonds is 3. The van der Waals surface area contributed by atoms with E-state index in [1.807, 2.05) is 0 Å². The maximum absolute atomic E-state index is 11.9. The Morgan fingerprint density at radius 2 is 2.00 bits per heavy atom. The maximum Gasteiger partial charge on any atom is 0.243 e. The summed E-state index contributed by atoms with van der Waals surface area (Å²) in [6.45, 7) is 3.68. The minimum absolute atomic E-state index is 0.102. The van der Waals surface area contributed by atoms with Crippen LogP contribution in [0.5, 0.6) is 0 Å². The smallest absolute Gasteiger partial charge is 0.243 e. The van der Waals surface area contributed by atoms with Gasteiger partial charge in [-0.25, -0.2) is 0 Å². The van der Waals surface area contributed by atoms with Crippen molar-refractivity contribution in [2.24, 2.45) is 0 Å². The molecule has 2 atom stereocenters. The molecule has 0 aliphatic carbocycles. The van der Waals surface area contributed by atoms with Gasteiger partial charge in [-0.1, -0.05) is 0 Å². The average molecular weight is 241 g/mol. The van der Waals surface area contributed by atoms with Gasteiger partial charge in [0.1, 0.15) is 12.1 Å². The second kappa shape index (κ2) is 5.65. The molecular formula is C11H19N3O3. The molecule has 6 heteroatoms. The molecule has 1 aliphatic rings. The molecule has 96 valence electrons. The van der Waals surface area contributed by atoms with Gasteiger partial charge < -0.3 is 15.5 Å². The molecule has 0 aromatic carbocycles. The molecule has 1 aliphatic heterocycles. The van der Waals surface area contributed by atoms with Crippen LogP contribution in [0.15, 0.2) is 0 Å². The first-order valence-corrected chi connectivity index (χ1v) is 5.76. The molecule has 0 saturated carbocycles. The molecule has 2 N–H and O–H groups in total. The lowest BCUT2D eigenvalue weighted by Crippen LogP contribution is -2.51. The molecule has 0 unspecified atom stereocenters. The Hall–Kier alpha value is -1.59. The normalized spacial score (nSPS) is 20.9. The molecule has 0 aromatic heterocycles. The minimum atomic E-state index is -0.582. The number of hydrogen-bond acceptors (Lipinski definition) is 3. The quantitative estimate of drug-likeness (QED) is 0.682. The molecule has 17 heavy (non-hydrogen) atoms. The van der Waals surface area contributed by atoms with E-state index in [1.165, 1.54) is 14.0 Å². The lowest BCUT2D eigenvalue weighted by molar-refractivity contribution is -0.138. The number of likely N-dealkylation sites (N-methyl/N-ethyl adjacent to an activating group) is 1. The van der Waals surface area contributed by atoms with Gasteiger partial charge in [-0.05, 0) is 19.8 Å². The maximum atomic E-state index is 11.9. The average Bonchev–Trinajstić information content (AvgIpc) is 2.76. The van der Waals surface area contributed by atoms with Crippen molar-refractivity contribution in [3.8, 4) is 0 Å². The van der Waals surface area contributed by atoms with E-state index in [0.29, 0.717) is 13.0 Å². The monoisotopic (exact) mass is 241 g/mol. The van der Waals surface area contributed by atoms with Gasteiger partial charge in [0.15, 0.2) is 0 Å². The molecule has 1 heterocycles. The van der Waals surface area contributed by atoms with Crippen molar-refractivity contribution in [3.63, 3.8) is 0 Å². The Bertz CT molecular complexity index is 330. The van der Waals surface area contributed by atoms with Crippen molar-refractivity contribution in [2.75, 3.05) is 13.6 Å². The summed E-state index contributed by atoms with van der Waals surface area (Å²) in [5.74, 6) is -0.602. The highest BCUT2D eigenvalue weighted by molar-refractivity contribution is 5.91. The summed E-state index contributed by atoms with van der Waals surface area (Å²) in [5.41, 5.74) is 0. The van der Waals surface area contributed by atoms with Crippen LogP contribution in [0.4, 0.5) is 0 Å². The number of amides is 3. The molecule has 1 rings (SSSR count). The first-order valence-electron chi connectivity index (χ1n) is 5.76. The van der Waals surface area contributed by atoms with E-state index >= 15 is 0 Å². The highest BCUT2D eigenvalue weighted by Crippen LogP contribution is 2.17. The minimum Gasteiger partial charge on any atom is -0.357 e. The van der Waals surface area contributed by atoms with Crippen molar-refractivity contribution < 1.29 is 14.4 Å². The van der Waals surface area contributed by atoms with Gasteiger partial charge in [-0.2, -0.15) is 0 Å². The number of hydrogen-bond donors (Lipinski definition) is 2. The Morgan fingerprint density at radius 3 is 2.53 bits per heavy atom. The number of likely N-dealkylation sites (tertiary alicyclic amines) is 1. The Balaban J connectivity index is 2.58. The summed E-state index contributed by atoms with van der Waals surface area (Å²) in [6, 6.07) is -1.01. The second-order valence-electron chi connectivity index (χ2n) is 4.21. The van der Waals surface area contributed by atoms with E-state index in [4.69, 9.17) is 0 Å². The number of nitrogens with zero attached hydrogens (tertiary/aromatic N) is 1. The summed E-state index contributed by atoms with van der Waals surface area (Å²) in [5, 5.41) is 5.07. The van der Waals surface area contributed by atoms with Crippen molar-refractivity contribution in [3.05, 3.63) is 0 Å². The topological polar surface area (TPSA) is 78.5 Å². The van der Waals surface area contributed by atoms with Crippen LogP contribution >= 0.6 is 0 Å². The largest absolute Gasteiger partial charge is 0.357 e. The van der Waals surface area contributed by atoms with E-state index in [-0.39, 0.29) is 17.7 Å². The molecular weight excluding hydrogens is 222 g/mol. The van der Waals surface area contributed by atoms with E-state index in [1.54, 1.807) is 11.8 Å². The summed E-state index contributed by atoms with van der Waals surface area (Å²) in [6.07, 6.45) is 1.48. The molecule has 0 bridgehead atoms. The van der Waals surface area contributed by atoms with Crippen molar-refractivity contribution in [1.82, 2.24) is 15.5 Å². The lowest BCUT2D eigenvalue weighted by atomic mass is 10.2. The third-order valence-corrected chi connectivity index (χ3v) is 2.96. The van der Waals surface area contributed by atoms with E-state index in [2.05, 4.69) is 10.6 Å². The van der Waals surface area contributed by atoms with Crippen molar-refractivity contribution in [2.45, 2.75) is 38.8 Å². The Kier molecular flexibility index (Phi) is 4.48. The second-order valence-corrected chi connectivity index (χ2v) is 4.21. The summed E-state index contributed by atoms with van der Waals surface area (Å²) in [7, 11) is 1.52. The first-order chi connectivity index (χ1) is 7.97. The van der Waals surface area contributed by atoms with Crippen molar-refractivity contribution >= 4 is 17.7 Å². The lowest BCUT2D eigenvalue weighted by Gasteiger charge is -2.23. The summed E-state index contributed by atoms with van der Waals surface area (Å²) < 4.78 is 0. The van der Waals surface area contributed by atoms with E-state index in [0.717, 1.165) is 6.42 Å². The Labute approximate surface area is 101 Å². The van der Waals surface area contributed by atoms with E-state index < -0.39 is 12.1 Å². The first kappa shape index (κ1) is 13.5. The van der Waals surface area contributed by atoms with Crippen LogP contribution in [0.25, 0.3) is 0 Å². The van der Waals surface area contributed by atoms with Gasteiger partial charge in [0.2, 0.25) is 17.7 Å². The standard InChI is InChI=1S/C11H19N3O3/c1-7(10(16)12-3)13-11(17)9-5-4-6-14(9)8(2)15/h7,9H,4-6H2,1-3H3,(H,12,16)(H,13,17)/t7-,9+/m1/s1. The SMILES string of the molecule is CNC(=O)[C@@H](C)NC(=O)[C@@H]1CCCN1C(C)=O. The van der Waals surface area contributed by atoms with Crippen LogP contribution in [0.1, 0.15) is 26.7 Å².